The Balaban J connectivity index is 2.21. The molecule has 1 aromatic rings. The lowest BCUT2D eigenvalue weighted by atomic mass is 10.2. The molecular formula is C10H9Cl2NO2S. The van der Waals surface area contributed by atoms with E-state index in [0.29, 0.717) is 15.8 Å². The summed E-state index contributed by atoms with van der Waals surface area (Å²) in [5.74, 6) is -0.309. The van der Waals surface area contributed by atoms with Gasteiger partial charge in [0.05, 0.1) is 15.4 Å². The van der Waals surface area contributed by atoms with Gasteiger partial charge in [-0.2, -0.15) is 0 Å². The summed E-state index contributed by atoms with van der Waals surface area (Å²) in [5, 5.41) is 12.7. The maximum Gasteiger partial charge on any atom is 0.321 e. The molecule has 16 heavy (non-hydrogen) atoms. The first-order chi connectivity index (χ1) is 7.59. The summed E-state index contributed by atoms with van der Waals surface area (Å²) in [7, 11) is 0. The van der Waals surface area contributed by atoms with Crippen molar-refractivity contribution in [3.05, 3.63) is 33.8 Å². The Labute approximate surface area is 107 Å². The highest BCUT2D eigenvalue weighted by atomic mass is 35.5. The van der Waals surface area contributed by atoms with Crippen molar-refractivity contribution in [2.75, 3.05) is 5.75 Å². The minimum atomic E-state index is -0.840. The van der Waals surface area contributed by atoms with E-state index >= 15 is 0 Å². The summed E-state index contributed by atoms with van der Waals surface area (Å²) in [6, 6.07) is 4.84. The van der Waals surface area contributed by atoms with Crippen LogP contribution in [0.4, 0.5) is 0 Å². The van der Waals surface area contributed by atoms with Gasteiger partial charge in [-0.15, -0.1) is 11.8 Å². The minimum absolute atomic E-state index is 0.104. The lowest BCUT2D eigenvalue weighted by molar-refractivity contribution is -0.138. The molecule has 3 nitrogen and oxygen atoms in total. The van der Waals surface area contributed by atoms with Gasteiger partial charge in [0.25, 0.3) is 0 Å². The average molecular weight is 278 g/mol. The minimum Gasteiger partial charge on any atom is -0.480 e. The fourth-order valence-corrected chi connectivity index (χ4v) is 3.26. The van der Waals surface area contributed by atoms with Crippen molar-refractivity contribution in [2.24, 2.45) is 0 Å². The maximum absolute atomic E-state index is 10.8. The van der Waals surface area contributed by atoms with E-state index in [2.05, 4.69) is 5.32 Å². The molecule has 0 aliphatic carbocycles. The molecule has 0 saturated carbocycles. The molecule has 1 saturated heterocycles. The van der Waals surface area contributed by atoms with Gasteiger partial charge in [0, 0.05) is 5.75 Å². The molecule has 2 rings (SSSR count). The quantitative estimate of drug-likeness (QED) is 0.873. The summed E-state index contributed by atoms with van der Waals surface area (Å²) >= 11 is 13.5. The monoisotopic (exact) mass is 277 g/mol. The Kier molecular flexibility index (Phi) is 3.64. The molecule has 0 unspecified atom stereocenters. The third-order valence-electron chi connectivity index (χ3n) is 2.34. The van der Waals surface area contributed by atoms with Gasteiger partial charge in [0.2, 0.25) is 0 Å². The Morgan fingerprint density at radius 2 is 2.25 bits per heavy atom. The number of hydrogen-bond acceptors (Lipinski definition) is 3. The van der Waals surface area contributed by atoms with Crippen LogP contribution in [0.5, 0.6) is 0 Å². The van der Waals surface area contributed by atoms with Crippen LogP contribution in [0.15, 0.2) is 18.2 Å². The number of halogens is 2. The largest absolute Gasteiger partial charge is 0.480 e. The third-order valence-corrected chi connectivity index (χ3v) is 4.43. The van der Waals surface area contributed by atoms with Crippen molar-refractivity contribution in [3.8, 4) is 0 Å². The molecule has 0 amide bonds. The Hall–Kier alpha value is -0.420. The highest BCUT2D eigenvalue weighted by Gasteiger charge is 2.31. The van der Waals surface area contributed by atoms with E-state index in [0.717, 1.165) is 5.56 Å². The number of carboxylic acid groups (broad SMARTS) is 1. The molecule has 0 aromatic heterocycles. The van der Waals surface area contributed by atoms with Crippen molar-refractivity contribution in [1.29, 1.82) is 0 Å². The predicted molar refractivity (Wildman–Crippen MR) is 66.2 cm³/mol. The first kappa shape index (κ1) is 12.0. The fraction of sp³-hybridized carbons (Fsp3) is 0.300. The van der Waals surface area contributed by atoms with E-state index in [-0.39, 0.29) is 5.37 Å². The second-order valence-corrected chi connectivity index (χ2v) is 5.34. The van der Waals surface area contributed by atoms with Gasteiger partial charge >= 0.3 is 5.97 Å². The number of rotatable bonds is 2. The summed E-state index contributed by atoms with van der Waals surface area (Å²) in [5.41, 5.74) is 0.836. The molecule has 1 aliphatic rings. The average Bonchev–Trinajstić information content (AvgIpc) is 2.71. The standard InChI is InChI=1S/C10H9Cl2NO2S/c11-6-3-1-2-5(8(6)12)9-13-7(4-16-9)10(14)15/h1-3,7,9,13H,4H2,(H,14,15)/t7-,9-/m0/s1. The van der Waals surface area contributed by atoms with E-state index in [4.69, 9.17) is 28.3 Å². The molecule has 1 fully saturated rings. The predicted octanol–water partition coefficient (Wildman–Crippen LogP) is 2.78. The smallest absolute Gasteiger partial charge is 0.321 e. The highest BCUT2D eigenvalue weighted by molar-refractivity contribution is 7.99. The Morgan fingerprint density at radius 1 is 1.50 bits per heavy atom. The van der Waals surface area contributed by atoms with Gasteiger partial charge in [0.1, 0.15) is 6.04 Å². The number of thioether (sulfide) groups is 1. The van der Waals surface area contributed by atoms with Crippen molar-refractivity contribution >= 4 is 40.9 Å². The number of hydrogen-bond donors (Lipinski definition) is 2. The third kappa shape index (κ3) is 2.30. The topological polar surface area (TPSA) is 49.3 Å². The van der Waals surface area contributed by atoms with Gasteiger partial charge in [-0.25, -0.2) is 0 Å². The zero-order valence-electron chi connectivity index (χ0n) is 8.11. The number of benzene rings is 1. The van der Waals surface area contributed by atoms with Gasteiger partial charge < -0.3 is 5.11 Å². The molecule has 0 bridgehead atoms. The molecule has 0 spiro atoms. The molecule has 6 heteroatoms. The van der Waals surface area contributed by atoms with Crippen LogP contribution in [0.2, 0.25) is 10.0 Å². The molecule has 1 aliphatic heterocycles. The van der Waals surface area contributed by atoms with Crippen LogP contribution in [-0.2, 0) is 4.79 Å². The lowest BCUT2D eigenvalue weighted by Gasteiger charge is -2.13. The zero-order valence-corrected chi connectivity index (χ0v) is 10.4. The Bertz CT molecular complexity index is 427. The molecule has 2 N–H and O–H groups in total. The SMILES string of the molecule is O=C(O)[C@@H]1CS[C@@H](c2cccc(Cl)c2Cl)N1. The van der Waals surface area contributed by atoms with Crippen molar-refractivity contribution in [1.82, 2.24) is 5.32 Å². The normalized spacial score (nSPS) is 24.6. The van der Waals surface area contributed by atoms with Gasteiger partial charge in [0.15, 0.2) is 0 Å². The summed E-state index contributed by atoms with van der Waals surface area (Å²) in [4.78, 5) is 10.8. The first-order valence-electron chi connectivity index (χ1n) is 4.64. The summed E-state index contributed by atoms with van der Waals surface area (Å²) < 4.78 is 0. The number of aliphatic carboxylic acids is 1. The van der Waals surface area contributed by atoms with E-state index in [9.17, 15) is 4.79 Å². The second-order valence-electron chi connectivity index (χ2n) is 3.41. The fourth-order valence-electron chi connectivity index (χ4n) is 1.52. The van der Waals surface area contributed by atoms with Crippen LogP contribution in [0.3, 0.4) is 0 Å². The molecule has 2 atom stereocenters. The number of carbonyl (C=O) groups is 1. The van der Waals surface area contributed by atoms with Gasteiger partial charge in [-0.3, -0.25) is 10.1 Å². The molecule has 86 valence electrons. The van der Waals surface area contributed by atoms with E-state index in [1.165, 1.54) is 11.8 Å². The van der Waals surface area contributed by atoms with E-state index < -0.39 is 12.0 Å². The summed E-state index contributed by atoms with van der Waals surface area (Å²) in [6.07, 6.45) is 0. The molecular weight excluding hydrogens is 269 g/mol. The summed E-state index contributed by atoms with van der Waals surface area (Å²) in [6.45, 7) is 0. The van der Waals surface area contributed by atoms with Gasteiger partial charge in [-0.1, -0.05) is 35.3 Å². The molecule has 1 aromatic carbocycles. The van der Waals surface area contributed by atoms with E-state index in [1.54, 1.807) is 12.1 Å². The first-order valence-corrected chi connectivity index (χ1v) is 6.44. The number of nitrogens with one attached hydrogen (secondary N) is 1. The van der Waals surface area contributed by atoms with Crippen molar-refractivity contribution in [2.45, 2.75) is 11.4 Å². The van der Waals surface area contributed by atoms with Gasteiger partial charge in [-0.05, 0) is 11.6 Å². The van der Waals surface area contributed by atoms with Crippen LogP contribution in [0, 0.1) is 0 Å². The van der Waals surface area contributed by atoms with Crippen LogP contribution in [0.1, 0.15) is 10.9 Å². The maximum atomic E-state index is 10.8. The van der Waals surface area contributed by atoms with Crippen molar-refractivity contribution in [3.63, 3.8) is 0 Å². The molecule has 1 heterocycles. The van der Waals surface area contributed by atoms with Crippen LogP contribution in [0.25, 0.3) is 0 Å². The van der Waals surface area contributed by atoms with E-state index in [1.807, 2.05) is 6.07 Å². The van der Waals surface area contributed by atoms with Crippen LogP contribution in [-0.4, -0.2) is 22.9 Å². The van der Waals surface area contributed by atoms with Crippen LogP contribution < -0.4 is 5.32 Å². The highest BCUT2D eigenvalue weighted by Crippen LogP contribution is 2.38. The van der Waals surface area contributed by atoms with Crippen molar-refractivity contribution < 1.29 is 9.90 Å². The Morgan fingerprint density at radius 3 is 2.88 bits per heavy atom. The number of carboxylic acids is 1. The second kappa shape index (κ2) is 4.84. The zero-order chi connectivity index (χ0) is 11.7. The molecule has 0 radical (unpaired) electrons. The lowest BCUT2D eigenvalue weighted by Crippen LogP contribution is -2.33. The van der Waals surface area contributed by atoms with Crippen LogP contribution >= 0.6 is 35.0 Å².